The first-order chi connectivity index (χ1) is 11.1. The van der Waals surface area contributed by atoms with E-state index in [4.69, 9.17) is 10.2 Å². The van der Waals surface area contributed by atoms with Gasteiger partial charge in [0.15, 0.2) is 11.9 Å². The van der Waals surface area contributed by atoms with Crippen molar-refractivity contribution in [2.45, 2.75) is 31.6 Å². The fourth-order valence-corrected chi connectivity index (χ4v) is 2.73. The first-order valence-corrected chi connectivity index (χ1v) is 7.44. The molecule has 0 atom stereocenters. The Kier molecular flexibility index (Phi) is 3.15. The van der Waals surface area contributed by atoms with E-state index < -0.39 is 6.29 Å². The molecule has 0 unspecified atom stereocenters. The summed E-state index contributed by atoms with van der Waals surface area (Å²) in [7, 11) is 0. The first kappa shape index (κ1) is 13.9. The Morgan fingerprint density at radius 1 is 1.30 bits per heavy atom. The first-order valence-electron chi connectivity index (χ1n) is 7.44. The zero-order valence-electron chi connectivity index (χ0n) is 12.3. The summed E-state index contributed by atoms with van der Waals surface area (Å²) < 4.78 is 3.48. The lowest BCUT2D eigenvalue weighted by Gasteiger charge is -2.01. The number of hydrogen-bond acceptors (Lipinski definition) is 5. The van der Waals surface area contributed by atoms with Gasteiger partial charge < -0.3 is 14.6 Å². The van der Waals surface area contributed by atoms with Gasteiger partial charge in [0.25, 0.3) is 0 Å². The van der Waals surface area contributed by atoms with Crippen LogP contribution in [0, 0.1) is 11.3 Å². The fourth-order valence-electron chi connectivity index (χ4n) is 2.73. The third-order valence-corrected chi connectivity index (χ3v) is 4.07. The van der Waals surface area contributed by atoms with E-state index in [-0.39, 0.29) is 0 Å². The minimum atomic E-state index is -1.53. The molecule has 3 aromatic rings. The molecular formula is C16H15N5O2. The molecule has 3 aromatic heterocycles. The van der Waals surface area contributed by atoms with Crippen molar-refractivity contribution in [2.75, 3.05) is 0 Å². The highest BCUT2D eigenvalue weighted by Gasteiger charge is 2.25. The number of fused-ring (bicyclic) bond motifs is 1. The summed E-state index contributed by atoms with van der Waals surface area (Å²) in [5.74, 6) is 0.567. The maximum atomic E-state index is 9.35. The SMILES string of the molecule is N#Cc1cc(C2CC2)cn2cc(Cn3cc(C(O)O)cn3)nc12. The van der Waals surface area contributed by atoms with E-state index in [9.17, 15) is 5.26 Å². The molecule has 1 fully saturated rings. The van der Waals surface area contributed by atoms with E-state index >= 15 is 0 Å². The maximum Gasteiger partial charge on any atom is 0.181 e. The standard InChI is InChI=1S/C16H15N5O2/c17-4-11-3-12(10-1-2-10)6-20-8-14(19-15(11)20)9-21-7-13(5-18-21)16(22)23/h3,5-8,10,16,22-23H,1-2,9H2. The van der Waals surface area contributed by atoms with Gasteiger partial charge in [-0.15, -0.1) is 0 Å². The van der Waals surface area contributed by atoms with Crippen LogP contribution in [0.3, 0.4) is 0 Å². The molecule has 1 aliphatic carbocycles. The lowest BCUT2D eigenvalue weighted by Crippen LogP contribution is -2.00. The Bertz CT molecular complexity index is 914. The van der Waals surface area contributed by atoms with Crippen LogP contribution in [0.15, 0.2) is 30.9 Å². The fraction of sp³-hybridized carbons (Fsp3) is 0.312. The van der Waals surface area contributed by atoms with Gasteiger partial charge in [0.1, 0.15) is 6.07 Å². The summed E-state index contributed by atoms with van der Waals surface area (Å²) in [6.07, 6.45) is 7.72. The summed E-state index contributed by atoms with van der Waals surface area (Å²) >= 11 is 0. The monoisotopic (exact) mass is 309 g/mol. The summed E-state index contributed by atoms with van der Waals surface area (Å²) in [5.41, 5.74) is 3.50. The molecule has 0 bridgehead atoms. The molecule has 3 heterocycles. The van der Waals surface area contributed by atoms with Crippen molar-refractivity contribution in [1.82, 2.24) is 19.2 Å². The molecule has 1 aliphatic rings. The van der Waals surface area contributed by atoms with E-state index in [1.54, 1.807) is 10.9 Å². The zero-order valence-corrected chi connectivity index (χ0v) is 12.3. The predicted octanol–water partition coefficient (Wildman–Crippen LogP) is 1.31. The number of imidazole rings is 1. The second-order valence-electron chi connectivity index (χ2n) is 5.88. The smallest absolute Gasteiger partial charge is 0.181 e. The maximum absolute atomic E-state index is 9.35. The molecule has 7 nitrogen and oxygen atoms in total. The van der Waals surface area contributed by atoms with Crippen molar-refractivity contribution >= 4 is 5.65 Å². The van der Waals surface area contributed by atoms with Gasteiger partial charge in [-0.3, -0.25) is 4.68 Å². The molecule has 2 N–H and O–H groups in total. The molecule has 0 amide bonds. The van der Waals surface area contributed by atoms with E-state index in [0.717, 1.165) is 5.69 Å². The topological polar surface area (TPSA) is 99.4 Å². The molecule has 0 aromatic carbocycles. The minimum Gasteiger partial charge on any atom is -0.364 e. The minimum absolute atomic E-state index is 0.336. The highest BCUT2D eigenvalue weighted by atomic mass is 16.5. The molecule has 0 aliphatic heterocycles. The molecule has 4 rings (SSSR count). The van der Waals surface area contributed by atoms with Gasteiger partial charge in [-0.25, -0.2) is 4.98 Å². The average molecular weight is 309 g/mol. The van der Waals surface area contributed by atoms with Crippen LogP contribution < -0.4 is 0 Å². The third-order valence-electron chi connectivity index (χ3n) is 4.07. The highest BCUT2D eigenvalue weighted by molar-refractivity contribution is 5.57. The number of nitriles is 1. The number of aromatic nitrogens is 4. The summed E-state index contributed by atoms with van der Waals surface area (Å²) in [6, 6.07) is 4.15. The molecule has 0 radical (unpaired) electrons. The summed E-state index contributed by atoms with van der Waals surface area (Å²) in [5, 5.41) is 31.7. The van der Waals surface area contributed by atoms with Crippen LogP contribution in [-0.2, 0) is 6.54 Å². The molecule has 0 spiro atoms. The van der Waals surface area contributed by atoms with Gasteiger partial charge in [0.05, 0.1) is 24.0 Å². The van der Waals surface area contributed by atoms with Crippen molar-refractivity contribution in [2.24, 2.45) is 0 Å². The van der Waals surface area contributed by atoms with Crippen molar-refractivity contribution < 1.29 is 10.2 Å². The van der Waals surface area contributed by atoms with E-state index in [1.165, 1.54) is 24.6 Å². The number of pyridine rings is 1. The number of rotatable bonds is 4. The number of aliphatic hydroxyl groups is 2. The van der Waals surface area contributed by atoms with Crippen LogP contribution in [0.25, 0.3) is 5.65 Å². The second-order valence-corrected chi connectivity index (χ2v) is 5.88. The second kappa shape index (κ2) is 5.19. The van der Waals surface area contributed by atoms with E-state index in [2.05, 4.69) is 16.2 Å². The van der Waals surface area contributed by atoms with Gasteiger partial charge in [0, 0.05) is 24.2 Å². The number of hydrogen-bond donors (Lipinski definition) is 2. The quantitative estimate of drug-likeness (QED) is 0.708. The summed E-state index contributed by atoms with van der Waals surface area (Å²) in [4.78, 5) is 4.51. The highest BCUT2D eigenvalue weighted by Crippen LogP contribution is 2.40. The van der Waals surface area contributed by atoms with Crippen LogP contribution in [-0.4, -0.2) is 29.4 Å². The van der Waals surface area contributed by atoms with Crippen molar-refractivity contribution in [3.05, 3.63) is 53.2 Å². The molecule has 1 saturated carbocycles. The summed E-state index contributed by atoms with van der Waals surface area (Å²) in [6.45, 7) is 0.401. The van der Waals surface area contributed by atoms with Gasteiger partial charge >= 0.3 is 0 Å². The van der Waals surface area contributed by atoms with Crippen molar-refractivity contribution in [3.8, 4) is 6.07 Å². The van der Waals surface area contributed by atoms with Gasteiger partial charge in [-0.1, -0.05) is 0 Å². The molecule has 23 heavy (non-hydrogen) atoms. The van der Waals surface area contributed by atoms with Crippen LogP contribution in [0.2, 0.25) is 0 Å². The Morgan fingerprint density at radius 2 is 2.13 bits per heavy atom. The average Bonchev–Trinajstić information content (AvgIpc) is 3.14. The lowest BCUT2D eigenvalue weighted by atomic mass is 10.1. The Hall–Kier alpha value is -2.69. The lowest BCUT2D eigenvalue weighted by molar-refractivity contribution is -0.0425. The van der Waals surface area contributed by atoms with E-state index in [0.29, 0.717) is 29.2 Å². The Morgan fingerprint density at radius 3 is 2.78 bits per heavy atom. The molecule has 7 heteroatoms. The van der Waals surface area contributed by atoms with Crippen LogP contribution in [0.1, 0.15) is 47.4 Å². The van der Waals surface area contributed by atoms with Crippen LogP contribution >= 0.6 is 0 Å². The third kappa shape index (κ3) is 2.59. The predicted molar refractivity (Wildman–Crippen MR) is 80.4 cm³/mol. The molecule has 116 valence electrons. The number of nitrogens with zero attached hydrogens (tertiary/aromatic N) is 5. The normalized spacial score (nSPS) is 14.5. The van der Waals surface area contributed by atoms with Gasteiger partial charge in [0.2, 0.25) is 0 Å². The Balaban J connectivity index is 1.69. The Labute approximate surface area is 132 Å². The van der Waals surface area contributed by atoms with Gasteiger partial charge in [-0.2, -0.15) is 10.4 Å². The molecule has 0 saturated heterocycles. The number of aliphatic hydroxyl groups excluding tert-OH is 1. The van der Waals surface area contributed by atoms with Crippen LogP contribution in [0.4, 0.5) is 0 Å². The largest absolute Gasteiger partial charge is 0.364 e. The van der Waals surface area contributed by atoms with Gasteiger partial charge in [-0.05, 0) is 30.4 Å². The van der Waals surface area contributed by atoms with Crippen molar-refractivity contribution in [3.63, 3.8) is 0 Å². The van der Waals surface area contributed by atoms with Crippen molar-refractivity contribution in [1.29, 1.82) is 5.26 Å². The van der Waals surface area contributed by atoms with E-state index in [1.807, 2.05) is 22.9 Å². The molecular weight excluding hydrogens is 294 g/mol. The zero-order chi connectivity index (χ0) is 16.0. The van der Waals surface area contributed by atoms with Crippen LogP contribution in [0.5, 0.6) is 0 Å².